The number of para-hydroxylation sites is 1. The van der Waals surface area contributed by atoms with E-state index in [1.54, 1.807) is 13.4 Å². The van der Waals surface area contributed by atoms with Crippen LogP contribution in [-0.4, -0.2) is 36.1 Å². The molecule has 0 bridgehead atoms. The Kier molecular flexibility index (Phi) is 5.67. The van der Waals surface area contributed by atoms with Gasteiger partial charge in [-0.2, -0.15) is 0 Å². The van der Waals surface area contributed by atoms with Gasteiger partial charge in [0.25, 0.3) is 5.91 Å². The molecule has 0 spiro atoms. The zero-order valence-corrected chi connectivity index (χ0v) is 17.9. The van der Waals surface area contributed by atoms with Crippen LogP contribution in [0.1, 0.15) is 40.6 Å². The minimum atomic E-state index is -0.0883. The number of amides is 1. The molecule has 0 atom stereocenters. The average Bonchev–Trinajstić information content (AvgIpc) is 3.09. The number of nitrogens with zero attached hydrogens (tertiary/aromatic N) is 3. The van der Waals surface area contributed by atoms with Crippen LogP contribution in [0.25, 0.3) is 10.2 Å². The lowest BCUT2D eigenvalue weighted by Crippen LogP contribution is -2.33. The third-order valence-electron chi connectivity index (χ3n) is 5.63. The maximum absolute atomic E-state index is 12.9. The van der Waals surface area contributed by atoms with Crippen molar-refractivity contribution in [3.8, 4) is 5.75 Å². The maximum Gasteiger partial charge on any atom is 0.261 e. The molecule has 2 aromatic heterocycles. The number of anilines is 1. The van der Waals surface area contributed by atoms with Crippen molar-refractivity contribution in [1.29, 1.82) is 0 Å². The zero-order chi connectivity index (χ0) is 20.4. The van der Waals surface area contributed by atoms with Gasteiger partial charge in [-0.1, -0.05) is 25.1 Å². The second-order valence-corrected chi connectivity index (χ2v) is 8.60. The minimum Gasteiger partial charge on any atom is -0.496 e. The van der Waals surface area contributed by atoms with Crippen molar-refractivity contribution in [2.45, 2.75) is 33.2 Å². The van der Waals surface area contributed by atoms with Crippen LogP contribution < -0.4 is 15.0 Å². The molecule has 3 aromatic rings. The molecular formula is C22H26N4O2S. The number of carbonyl (C=O) groups excluding carboxylic acids is 1. The van der Waals surface area contributed by atoms with Crippen LogP contribution in [0, 0.1) is 12.8 Å². The summed E-state index contributed by atoms with van der Waals surface area (Å²) in [4.78, 5) is 25.9. The van der Waals surface area contributed by atoms with E-state index in [9.17, 15) is 4.79 Å². The molecule has 29 heavy (non-hydrogen) atoms. The van der Waals surface area contributed by atoms with Gasteiger partial charge in [0, 0.05) is 25.2 Å². The molecule has 1 aliphatic rings. The highest BCUT2D eigenvalue weighted by Gasteiger charge is 2.24. The zero-order valence-electron chi connectivity index (χ0n) is 17.1. The molecule has 0 aliphatic carbocycles. The molecule has 1 N–H and O–H groups in total. The number of aryl methyl sites for hydroxylation is 1. The molecule has 4 rings (SSSR count). The third kappa shape index (κ3) is 3.92. The smallest absolute Gasteiger partial charge is 0.261 e. The topological polar surface area (TPSA) is 67.3 Å². The molecule has 152 valence electrons. The van der Waals surface area contributed by atoms with Crippen LogP contribution in [-0.2, 0) is 6.54 Å². The first-order chi connectivity index (χ1) is 14.1. The van der Waals surface area contributed by atoms with Crippen molar-refractivity contribution in [2.24, 2.45) is 5.92 Å². The van der Waals surface area contributed by atoms with Gasteiger partial charge in [0.1, 0.15) is 22.7 Å². The second kappa shape index (κ2) is 8.37. The summed E-state index contributed by atoms with van der Waals surface area (Å²) in [6.45, 7) is 6.71. The van der Waals surface area contributed by atoms with E-state index in [4.69, 9.17) is 4.74 Å². The van der Waals surface area contributed by atoms with Crippen molar-refractivity contribution < 1.29 is 9.53 Å². The first kappa shape index (κ1) is 19.6. The lowest BCUT2D eigenvalue weighted by molar-refractivity contribution is 0.0954. The largest absolute Gasteiger partial charge is 0.496 e. The molecule has 0 saturated carbocycles. The average molecular weight is 411 g/mol. The Morgan fingerprint density at radius 1 is 1.28 bits per heavy atom. The van der Waals surface area contributed by atoms with Crippen LogP contribution in [0.2, 0.25) is 0 Å². The molecule has 1 aromatic carbocycles. The van der Waals surface area contributed by atoms with Gasteiger partial charge in [0.2, 0.25) is 0 Å². The number of hydrogen-bond donors (Lipinski definition) is 1. The highest BCUT2D eigenvalue weighted by atomic mass is 32.1. The number of benzene rings is 1. The van der Waals surface area contributed by atoms with E-state index >= 15 is 0 Å². The Morgan fingerprint density at radius 2 is 2.03 bits per heavy atom. The summed E-state index contributed by atoms with van der Waals surface area (Å²) in [5.41, 5.74) is 1.90. The predicted molar refractivity (Wildman–Crippen MR) is 117 cm³/mol. The molecule has 0 radical (unpaired) electrons. The van der Waals surface area contributed by atoms with Gasteiger partial charge < -0.3 is 15.0 Å². The lowest BCUT2D eigenvalue weighted by atomic mass is 9.99. The van der Waals surface area contributed by atoms with Crippen molar-refractivity contribution >= 4 is 33.3 Å². The minimum absolute atomic E-state index is 0.0883. The Balaban J connectivity index is 1.59. The van der Waals surface area contributed by atoms with E-state index in [-0.39, 0.29) is 5.91 Å². The summed E-state index contributed by atoms with van der Waals surface area (Å²) in [6.07, 6.45) is 3.95. The van der Waals surface area contributed by atoms with Gasteiger partial charge in [-0.3, -0.25) is 4.79 Å². The summed E-state index contributed by atoms with van der Waals surface area (Å²) in [5.74, 6) is 2.39. The summed E-state index contributed by atoms with van der Waals surface area (Å²) in [6, 6.07) is 7.71. The Labute approximate surface area is 174 Å². The fourth-order valence-corrected chi connectivity index (χ4v) is 4.89. The number of fused-ring (bicyclic) bond motifs is 1. The monoisotopic (exact) mass is 410 g/mol. The maximum atomic E-state index is 12.9. The SMILES string of the molecule is COc1ccccc1CNC(=O)c1sc2ncnc(N3CCC(C)CC3)c2c1C. The number of ether oxygens (including phenoxy) is 1. The molecule has 0 unspecified atom stereocenters. The van der Waals surface area contributed by atoms with E-state index in [1.165, 1.54) is 24.2 Å². The van der Waals surface area contributed by atoms with Gasteiger partial charge in [-0.15, -0.1) is 11.3 Å². The number of piperidine rings is 1. The van der Waals surface area contributed by atoms with Crippen LogP contribution in [0.4, 0.5) is 5.82 Å². The van der Waals surface area contributed by atoms with Gasteiger partial charge in [0.05, 0.1) is 17.4 Å². The second-order valence-electron chi connectivity index (χ2n) is 7.60. The number of hydrogen-bond acceptors (Lipinski definition) is 6. The first-order valence-electron chi connectivity index (χ1n) is 9.97. The summed E-state index contributed by atoms with van der Waals surface area (Å²) < 4.78 is 5.37. The van der Waals surface area contributed by atoms with Crippen LogP contribution in [0.15, 0.2) is 30.6 Å². The normalized spacial score (nSPS) is 14.9. The first-order valence-corrected chi connectivity index (χ1v) is 10.8. The molecule has 1 aliphatic heterocycles. The summed E-state index contributed by atoms with van der Waals surface area (Å²) >= 11 is 1.43. The fraction of sp³-hybridized carbons (Fsp3) is 0.409. The quantitative estimate of drug-likeness (QED) is 0.684. The van der Waals surface area contributed by atoms with Gasteiger partial charge in [-0.25, -0.2) is 9.97 Å². The Bertz CT molecular complexity index is 1020. The third-order valence-corrected chi connectivity index (χ3v) is 6.83. The van der Waals surface area contributed by atoms with Crippen molar-refractivity contribution in [1.82, 2.24) is 15.3 Å². The molecule has 7 heteroatoms. The van der Waals surface area contributed by atoms with Gasteiger partial charge in [-0.05, 0) is 37.3 Å². The highest BCUT2D eigenvalue weighted by Crippen LogP contribution is 2.36. The number of thiophene rings is 1. The van der Waals surface area contributed by atoms with E-state index < -0.39 is 0 Å². The Hall–Kier alpha value is -2.67. The van der Waals surface area contributed by atoms with Crippen LogP contribution >= 0.6 is 11.3 Å². The molecule has 1 fully saturated rings. The Morgan fingerprint density at radius 3 is 2.79 bits per heavy atom. The van der Waals surface area contributed by atoms with Crippen molar-refractivity contribution in [2.75, 3.05) is 25.1 Å². The van der Waals surface area contributed by atoms with Crippen LogP contribution in [0.3, 0.4) is 0 Å². The number of aromatic nitrogens is 2. The fourth-order valence-electron chi connectivity index (χ4n) is 3.83. The lowest BCUT2D eigenvalue weighted by Gasteiger charge is -2.31. The van der Waals surface area contributed by atoms with Crippen LogP contribution in [0.5, 0.6) is 5.75 Å². The van der Waals surface area contributed by atoms with Crippen molar-refractivity contribution in [3.05, 3.63) is 46.6 Å². The molecule has 1 saturated heterocycles. The predicted octanol–water partition coefficient (Wildman–Crippen LogP) is 4.17. The molecule has 3 heterocycles. The number of methoxy groups -OCH3 is 1. The number of rotatable bonds is 5. The van der Waals surface area contributed by atoms with Gasteiger partial charge in [0.15, 0.2) is 0 Å². The van der Waals surface area contributed by atoms with E-state index in [0.29, 0.717) is 11.4 Å². The summed E-state index contributed by atoms with van der Waals surface area (Å²) in [7, 11) is 1.64. The van der Waals surface area contributed by atoms with E-state index in [2.05, 4.69) is 27.1 Å². The molecule has 6 nitrogen and oxygen atoms in total. The highest BCUT2D eigenvalue weighted by molar-refractivity contribution is 7.20. The number of carbonyl (C=O) groups is 1. The van der Waals surface area contributed by atoms with E-state index in [0.717, 1.165) is 51.9 Å². The molecule has 1 amide bonds. The summed E-state index contributed by atoms with van der Waals surface area (Å²) in [5, 5.41) is 4.04. The van der Waals surface area contributed by atoms with Gasteiger partial charge >= 0.3 is 0 Å². The standard InChI is InChI=1S/C22H26N4O2S/c1-14-8-10-26(11-9-14)20-18-15(2)19(29-22(18)25-13-24-20)21(27)23-12-16-6-4-5-7-17(16)28-3/h4-7,13-14H,8-12H2,1-3H3,(H,23,27). The van der Waals surface area contributed by atoms with Crippen molar-refractivity contribution in [3.63, 3.8) is 0 Å². The molecular weight excluding hydrogens is 384 g/mol. The van der Waals surface area contributed by atoms with E-state index in [1.807, 2.05) is 31.2 Å². The number of nitrogens with one attached hydrogen (secondary N) is 1.